The first kappa shape index (κ1) is 18.8. The highest BCUT2D eigenvalue weighted by Crippen LogP contribution is 2.41. The van der Waals surface area contributed by atoms with Crippen LogP contribution in [0.1, 0.15) is 24.2 Å². The van der Waals surface area contributed by atoms with Gasteiger partial charge in [0.05, 0.1) is 6.61 Å². The molecule has 0 unspecified atom stereocenters. The zero-order valence-corrected chi connectivity index (χ0v) is 15.7. The quantitative estimate of drug-likeness (QED) is 0.253. The zero-order valence-electron chi connectivity index (χ0n) is 15.7. The maximum Gasteiger partial charge on any atom is 0.431 e. The second kappa shape index (κ2) is 7.12. The van der Waals surface area contributed by atoms with Crippen LogP contribution < -0.4 is 0 Å². The normalized spacial score (nSPS) is 27.3. The SMILES string of the molecule is CCOC(=O)N1[C@H]2C=C(C)[C@@H](ON2C(=O)c2ccccc2)[C@@H]2[C@H](N=[N+]=[N-])C(=O)N21. The summed E-state index contributed by atoms with van der Waals surface area (Å²) in [6, 6.07) is 6.63. The molecule has 4 aliphatic rings. The number of benzene rings is 1. The molecule has 5 rings (SSSR count). The summed E-state index contributed by atoms with van der Waals surface area (Å²) in [7, 11) is 0. The van der Waals surface area contributed by atoms with Gasteiger partial charge in [-0.05, 0) is 43.2 Å². The molecule has 11 nitrogen and oxygen atoms in total. The Kier molecular flexibility index (Phi) is 4.61. The zero-order chi connectivity index (χ0) is 20.7. The first-order valence-corrected chi connectivity index (χ1v) is 9.06. The first-order valence-electron chi connectivity index (χ1n) is 9.06. The molecule has 11 heteroatoms. The van der Waals surface area contributed by atoms with Gasteiger partial charge in [-0.25, -0.2) is 9.80 Å². The van der Waals surface area contributed by atoms with E-state index in [0.717, 1.165) is 15.1 Å². The van der Waals surface area contributed by atoms with Gasteiger partial charge in [0.15, 0.2) is 6.17 Å². The fourth-order valence-electron chi connectivity index (χ4n) is 3.75. The number of fused-ring (bicyclic) bond motifs is 1. The molecule has 0 N–H and O–H groups in total. The summed E-state index contributed by atoms with van der Waals surface area (Å²) in [6.45, 7) is 3.48. The molecule has 0 saturated carbocycles. The standard InChI is InChI=1S/C18H18N6O5/c1-3-28-18(27)22-12-9-10(2)15(14-13(20-21-19)17(26)23(14)22)29-24(12)16(25)11-7-5-4-6-8-11/h4-9,12-15H,3H2,1-2H3/t12-,13+,14+,15-/m1/s1. The van der Waals surface area contributed by atoms with Gasteiger partial charge in [-0.1, -0.05) is 23.3 Å². The molecule has 150 valence electrons. The van der Waals surface area contributed by atoms with Gasteiger partial charge in [0, 0.05) is 10.5 Å². The summed E-state index contributed by atoms with van der Waals surface area (Å²) in [5, 5.41) is 6.83. The van der Waals surface area contributed by atoms with Gasteiger partial charge in [0.1, 0.15) is 18.2 Å². The molecular weight excluding hydrogens is 380 g/mol. The Balaban J connectivity index is 1.79. The van der Waals surface area contributed by atoms with E-state index in [4.69, 9.17) is 15.1 Å². The van der Waals surface area contributed by atoms with E-state index in [0.29, 0.717) is 11.1 Å². The third kappa shape index (κ3) is 2.79. The number of nitrogens with zero attached hydrogens (tertiary/aromatic N) is 6. The fraction of sp³-hybridized carbons (Fsp3) is 0.389. The van der Waals surface area contributed by atoms with Crippen LogP contribution in [0.5, 0.6) is 0 Å². The van der Waals surface area contributed by atoms with Crippen LogP contribution in [0.4, 0.5) is 4.79 Å². The van der Waals surface area contributed by atoms with Crippen LogP contribution in [0.3, 0.4) is 0 Å². The Hall–Kier alpha value is -3.56. The lowest BCUT2D eigenvalue weighted by Crippen LogP contribution is -2.73. The monoisotopic (exact) mass is 398 g/mol. The minimum Gasteiger partial charge on any atom is -0.448 e. The number of azide groups is 1. The van der Waals surface area contributed by atoms with Gasteiger partial charge in [-0.15, -0.1) is 0 Å². The van der Waals surface area contributed by atoms with E-state index in [1.165, 1.54) is 0 Å². The summed E-state index contributed by atoms with van der Waals surface area (Å²) in [5.74, 6) is -1.04. The Bertz CT molecular complexity index is 943. The molecular formula is C18H18N6O5. The van der Waals surface area contributed by atoms with Crippen LogP contribution >= 0.6 is 0 Å². The van der Waals surface area contributed by atoms with Crippen LogP contribution in [0.2, 0.25) is 0 Å². The van der Waals surface area contributed by atoms with Gasteiger partial charge in [0.2, 0.25) is 0 Å². The number of β-lactam (4-membered cyclic amide) rings is 1. The second-order valence-electron chi connectivity index (χ2n) is 6.71. The van der Waals surface area contributed by atoms with Crippen molar-refractivity contribution in [2.75, 3.05) is 6.61 Å². The van der Waals surface area contributed by atoms with E-state index in [9.17, 15) is 14.4 Å². The Morgan fingerprint density at radius 1 is 1.31 bits per heavy atom. The number of amides is 3. The van der Waals surface area contributed by atoms with Crippen molar-refractivity contribution < 1.29 is 24.0 Å². The highest BCUT2D eigenvalue weighted by molar-refractivity contribution is 5.95. The number of hydrogen-bond donors (Lipinski definition) is 0. The number of ether oxygens (including phenoxy) is 1. The smallest absolute Gasteiger partial charge is 0.431 e. The van der Waals surface area contributed by atoms with Crippen LogP contribution in [0.15, 0.2) is 47.1 Å². The Morgan fingerprint density at radius 3 is 2.69 bits per heavy atom. The minimum absolute atomic E-state index is 0.0775. The molecule has 4 aliphatic heterocycles. The van der Waals surface area contributed by atoms with Crippen molar-refractivity contribution in [3.63, 3.8) is 0 Å². The number of hydroxylamine groups is 2. The minimum atomic E-state index is -1.05. The van der Waals surface area contributed by atoms with Gasteiger partial charge in [0.25, 0.3) is 11.8 Å². The third-order valence-electron chi connectivity index (χ3n) is 5.06. The summed E-state index contributed by atoms with van der Waals surface area (Å²) in [6.07, 6.45) is -0.924. The number of rotatable bonds is 3. The first-order chi connectivity index (χ1) is 14.0. The number of hydrazine groups is 1. The average Bonchev–Trinajstić information content (AvgIpc) is 2.92. The third-order valence-corrected chi connectivity index (χ3v) is 5.06. The van der Waals surface area contributed by atoms with E-state index in [-0.39, 0.29) is 6.61 Å². The van der Waals surface area contributed by atoms with E-state index in [1.54, 1.807) is 50.3 Å². The van der Waals surface area contributed by atoms with Gasteiger partial charge in [-0.2, -0.15) is 10.1 Å². The lowest BCUT2D eigenvalue weighted by Gasteiger charge is -2.48. The molecule has 1 aromatic carbocycles. The molecule has 0 aromatic heterocycles. The molecule has 2 fully saturated rings. The van der Waals surface area contributed by atoms with Crippen LogP contribution in [0.25, 0.3) is 10.4 Å². The lowest BCUT2D eigenvalue weighted by atomic mass is 9.89. The fourth-order valence-corrected chi connectivity index (χ4v) is 3.75. The van der Waals surface area contributed by atoms with Crippen molar-refractivity contribution in [3.8, 4) is 0 Å². The summed E-state index contributed by atoms with van der Waals surface area (Å²) in [4.78, 5) is 47.2. The molecule has 0 spiro atoms. The van der Waals surface area contributed by atoms with Gasteiger partial charge in [-0.3, -0.25) is 14.4 Å². The number of carbonyl (C=O) groups is 3. The van der Waals surface area contributed by atoms with Crippen LogP contribution in [-0.4, -0.2) is 63.9 Å². The maximum atomic E-state index is 13.1. The topological polar surface area (TPSA) is 128 Å². The second-order valence-corrected chi connectivity index (χ2v) is 6.71. The number of carbonyl (C=O) groups excluding carboxylic acids is 3. The molecule has 0 radical (unpaired) electrons. The van der Waals surface area contributed by atoms with Crippen molar-refractivity contribution in [2.45, 2.75) is 38.2 Å². The van der Waals surface area contributed by atoms with Gasteiger partial charge >= 0.3 is 6.09 Å². The molecule has 0 aliphatic carbocycles. The predicted molar refractivity (Wildman–Crippen MR) is 97.5 cm³/mol. The van der Waals surface area contributed by atoms with Gasteiger partial charge < -0.3 is 4.74 Å². The summed E-state index contributed by atoms with van der Waals surface area (Å²) in [5.41, 5.74) is 9.89. The average molecular weight is 398 g/mol. The molecule has 1 aromatic rings. The van der Waals surface area contributed by atoms with E-state index in [1.807, 2.05) is 0 Å². The maximum absolute atomic E-state index is 13.1. The highest BCUT2D eigenvalue weighted by Gasteiger charge is 2.62. The van der Waals surface area contributed by atoms with Crippen molar-refractivity contribution >= 4 is 17.9 Å². The molecule has 29 heavy (non-hydrogen) atoms. The summed E-state index contributed by atoms with van der Waals surface area (Å²) < 4.78 is 5.12. The summed E-state index contributed by atoms with van der Waals surface area (Å²) >= 11 is 0. The van der Waals surface area contributed by atoms with Crippen LogP contribution in [-0.2, 0) is 14.4 Å². The molecule has 3 amide bonds. The Labute approximate surface area is 165 Å². The predicted octanol–water partition coefficient (Wildman–Crippen LogP) is 1.99. The van der Waals surface area contributed by atoms with E-state index < -0.39 is 42.3 Å². The largest absolute Gasteiger partial charge is 0.448 e. The van der Waals surface area contributed by atoms with Crippen molar-refractivity contribution in [3.05, 3.63) is 58.0 Å². The molecule has 4 heterocycles. The van der Waals surface area contributed by atoms with Crippen LogP contribution in [0, 0.1) is 0 Å². The van der Waals surface area contributed by atoms with Crippen molar-refractivity contribution in [2.24, 2.45) is 5.11 Å². The Morgan fingerprint density at radius 2 is 2.03 bits per heavy atom. The molecule has 4 atom stereocenters. The molecule has 2 bridgehead atoms. The highest BCUT2D eigenvalue weighted by atomic mass is 16.7. The lowest BCUT2D eigenvalue weighted by molar-refractivity contribution is -0.185. The van der Waals surface area contributed by atoms with E-state index >= 15 is 0 Å². The van der Waals surface area contributed by atoms with Crippen molar-refractivity contribution in [1.82, 2.24) is 15.1 Å². The molecule has 2 saturated heterocycles. The van der Waals surface area contributed by atoms with E-state index in [2.05, 4.69) is 10.0 Å². The van der Waals surface area contributed by atoms with Crippen molar-refractivity contribution in [1.29, 1.82) is 0 Å². The number of hydrogen-bond acceptors (Lipinski definition) is 6.